The van der Waals surface area contributed by atoms with Crippen molar-refractivity contribution in [2.75, 3.05) is 6.54 Å². The molecule has 0 saturated carbocycles. The molecule has 1 aliphatic rings. The first kappa shape index (κ1) is 12.4. The standard InChI is InChI=1S/C15H20N4/c1-2-18-11-17-8-15(18)14(7-16)19-9-12-5-3-4-6-13(12)10-19/h3-6,8,11,14H,2,7,9-10,16H2,1H3. The molecule has 0 amide bonds. The van der Waals surface area contributed by atoms with Gasteiger partial charge in [-0.1, -0.05) is 24.3 Å². The molecule has 2 N–H and O–H groups in total. The molecule has 0 aliphatic carbocycles. The zero-order valence-corrected chi connectivity index (χ0v) is 11.3. The Morgan fingerprint density at radius 3 is 2.53 bits per heavy atom. The molecule has 0 fully saturated rings. The first-order chi connectivity index (χ1) is 9.33. The van der Waals surface area contributed by atoms with Crippen LogP contribution in [0.2, 0.25) is 0 Å². The van der Waals surface area contributed by atoms with Crippen LogP contribution in [0.4, 0.5) is 0 Å². The van der Waals surface area contributed by atoms with Crippen LogP contribution in [0.3, 0.4) is 0 Å². The maximum Gasteiger partial charge on any atom is 0.0948 e. The van der Waals surface area contributed by atoms with Gasteiger partial charge in [0, 0.05) is 32.4 Å². The number of benzene rings is 1. The van der Waals surface area contributed by atoms with Gasteiger partial charge in [-0.05, 0) is 18.1 Å². The molecule has 0 spiro atoms. The highest BCUT2D eigenvalue weighted by molar-refractivity contribution is 5.31. The van der Waals surface area contributed by atoms with Crippen LogP contribution in [0.1, 0.15) is 29.8 Å². The van der Waals surface area contributed by atoms with Gasteiger partial charge < -0.3 is 10.3 Å². The van der Waals surface area contributed by atoms with E-state index in [1.165, 1.54) is 16.8 Å². The number of aryl methyl sites for hydroxylation is 1. The van der Waals surface area contributed by atoms with E-state index in [0.717, 1.165) is 19.6 Å². The summed E-state index contributed by atoms with van der Waals surface area (Å²) in [6.07, 6.45) is 3.84. The molecule has 100 valence electrons. The third kappa shape index (κ3) is 2.17. The molecule has 0 saturated heterocycles. The Labute approximate surface area is 113 Å². The monoisotopic (exact) mass is 256 g/mol. The van der Waals surface area contributed by atoms with Crippen LogP contribution in [-0.4, -0.2) is 21.0 Å². The second-order valence-corrected chi connectivity index (χ2v) is 5.03. The lowest BCUT2D eigenvalue weighted by Crippen LogP contribution is -2.31. The fraction of sp³-hybridized carbons (Fsp3) is 0.400. The lowest BCUT2D eigenvalue weighted by atomic mass is 10.1. The number of nitrogens with zero attached hydrogens (tertiary/aromatic N) is 3. The quantitative estimate of drug-likeness (QED) is 0.909. The Hall–Kier alpha value is -1.65. The fourth-order valence-electron chi connectivity index (χ4n) is 2.91. The number of fused-ring (bicyclic) bond motifs is 1. The fourth-order valence-corrected chi connectivity index (χ4v) is 2.91. The van der Waals surface area contributed by atoms with Gasteiger partial charge in [0.05, 0.1) is 18.1 Å². The summed E-state index contributed by atoms with van der Waals surface area (Å²) in [7, 11) is 0. The largest absolute Gasteiger partial charge is 0.333 e. The Bertz CT molecular complexity index is 536. The molecule has 4 heteroatoms. The van der Waals surface area contributed by atoms with E-state index in [1.54, 1.807) is 0 Å². The zero-order valence-electron chi connectivity index (χ0n) is 11.3. The minimum atomic E-state index is 0.245. The van der Waals surface area contributed by atoms with Crippen molar-refractivity contribution in [1.82, 2.24) is 14.5 Å². The number of hydrogen-bond donors (Lipinski definition) is 1. The molecule has 0 bridgehead atoms. The number of rotatable bonds is 4. The Kier molecular flexibility index (Phi) is 3.36. The van der Waals surface area contributed by atoms with Crippen LogP contribution in [0, 0.1) is 0 Å². The molecule has 1 aliphatic heterocycles. The van der Waals surface area contributed by atoms with Gasteiger partial charge in [-0.15, -0.1) is 0 Å². The smallest absolute Gasteiger partial charge is 0.0948 e. The minimum absolute atomic E-state index is 0.245. The van der Waals surface area contributed by atoms with Gasteiger partial charge in [-0.25, -0.2) is 4.98 Å². The summed E-state index contributed by atoms with van der Waals surface area (Å²) in [6.45, 7) is 5.66. The molecular weight excluding hydrogens is 236 g/mol. The SMILES string of the molecule is CCn1cncc1C(CN)N1Cc2ccccc2C1. The Balaban J connectivity index is 1.86. The summed E-state index contributed by atoms with van der Waals surface area (Å²) in [5.41, 5.74) is 10.1. The maximum atomic E-state index is 6.02. The van der Waals surface area contributed by atoms with Crippen molar-refractivity contribution < 1.29 is 0 Å². The molecule has 1 unspecified atom stereocenters. The van der Waals surface area contributed by atoms with E-state index < -0.39 is 0 Å². The van der Waals surface area contributed by atoms with Gasteiger partial charge in [0.2, 0.25) is 0 Å². The molecule has 1 atom stereocenters. The normalized spacial score (nSPS) is 16.5. The highest BCUT2D eigenvalue weighted by atomic mass is 15.2. The summed E-state index contributed by atoms with van der Waals surface area (Å²) in [5.74, 6) is 0. The molecule has 1 aromatic heterocycles. The Morgan fingerprint density at radius 2 is 1.95 bits per heavy atom. The van der Waals surface area contributed by atoms with Gasteiger partial charge in [-0.2, -0.15) is 0 Å². The van der Waals surface area contributed by atoms with Gasteiger partial charge in [0.15, 0.2) is 0 Å². The summed E-state index contributed by atoms with van der Waals surface area (Å²) in [6, 6.07) is 8.88. The van der Waals surface area contributed by atoms with Crippen LogP contribution in [-0.2, 0) is 19.6 Å². The lowest BCUT2D eigenvalue weighted by Gasteiger charge is -2.26. The molecule has 1 aromatic carbocycles. The van der Waals surface area contributed by atoms with Crippen molar-refractivity contribution >= 4 is 0 Å². The van der Waals surface area contributed by atoms with E-state index in [-0.39, 0.29) is 6.04 Å². The number of aromatic nitrogens is 2. The van der Waals surface area contributed by atoms with Gasteiger partial charge >= 0.3 is 0 Å². The molecule has 2 aromatic rings. The summed E-state index contributed by atoms with van der Waals surface area (Å²) < 4.78 is 2.18. The highest BCUT2D eigenvalue weighted by Crippen LogP contribution is 2.30. The highest BCUT2D eigenvalue weighted by Gasteiger charge is 2.27. The average molecular weight is 256 g/mol. The maximum absolute atomic E-state index is 6.02. The second-order valence-electron chi connectivity index (χ2n) is 5.03. The Morgan fingerprint density at radius 1 is 1.26 bits per heavy atom. The van der Waals surface area contributed by atoms with E-state index in [0.29, 0.717) is 6.54 Å². The molecular formula is C15H20N4. The van der Waals surface area contributed by atoms with E-state index >= 15 is 0 Å². The van der Waals surface area contributed by atoms with E-state index in [9.17, 15) is 0 Å². The zero-order chi connectivity index (χ0) is 13.2. The molecule has 2 heterocycles. The molecule has 19 heavy (non-hydrogen) atoms. The first-order valence-corrected chi connectivity index (χ1v) is 6.84. The van der Waals surface area contributed by atoms with Crippen molar-refractivity contribution in [3.05, 3.63) is 53.6 Å². The van der Waals surface area contributed by atoms with Gasteiger partial charge in [-0.3, -0.25) is 4.90 Å². The van der Waals surface area contributed by atoms with Crippen LogP contribution >= 0.6 is 0 Å². The summed E-state index contributed by atoms with van der Waals surface area (Å²) in [5, 5.41) is 0. The van der Waals surface area contributed by atoms with Crippen LogP contribution < -0.4 is 5.73 Å². The lowest BCUT2D eigenvalue weighted by molar-refractivity contribution is 0.197. The third-order valence-electron chi connectivity index (χ3n) is 3.96. The number of imidazole rings is 1. The topological polar surface area (TPSA) is 47.1 Å². The minimum Gasteiger partial charge on any atom is -0.333 e. The van der Waals surface area contributed by atoms with Crippen molar-refractivity contribution in [3.63, 3.8) is 0 Å². The van der Waals surface area contributed by atoms with Crippen LogP contribution in [0.15, 0.2) is 36.8 Å². The van der Waals surface area contributed by atoms with Crippen LogP contribution in [0.5, 0.6) is 0 Å². The molecule has 0 radical (unpaired) electrons. The summed E-state index contributed by atoms with van der Waals surface area (Å²) in [4.78, 5) is 6.70. The van der Waals surface area contributed by atoms with Gasteiger partial charge in [0.1, 0.15) is 0 Å². The summed E-state index contributed by atoms with van der Waals surface area (Å²) >= 11 is 0. The van der Waals surface area contributed by atoms with Crippen molar-refractivity contribution in [2.45, 2.75) is 32.6 Å². The predicted octanol–water partition coefficient (Wildman–Crippen LogP) is 1.92. The first-order valence-electron chi connectivity index (χ1n) is 6.84. The van der Waals surface area contributed by atoms with Crippen molar-refractivity contribution in [1.29, 1.82) is 0 Å². The average Bonchev–Trinajstić information content (AvgIpc) is 3.05. The number of hydrogen-bond acceptors (Lipinski definition) is 3. The molecule has 3 rings (SSSR count). The second kappa shape index (κ2) is 5.15. The van der Waals surface area contributed by atoms with E-state index in [2.05, 4.69) is 45.6 Å². The van der Waals surface area contributed by atoms with Crippen molar-refractivity contribution in [3.8, 4) is 0 Å². The van der Waals surface area contributed by atoms with Crippen molar-refractivity contribution in [2.24, 2.45) is 5.73 Å². The van der Waals surface area contributed by atoms with Crippen LogP contribution in [0.25, 0.3) is 0 Å². The number of nitrogens with two attached hydrogens (primary N) is 1. The van der Waals surface area contributed by atoms with Gasteiger partial charge in [0.25, 0.3) is 0 Å². The van der Waals surface area contributed by atoms with E-state index in [1.807, 2.05) is 12.5 Å². The van der Waals surface area contributed by atoms with E-state index in [4.69, 9.17) is 5.73 Å². The third-order valence-corrected chi connectivity index (χ3v) is 3.96. The predicted molar refractivity (Wildman–Crippen MR) is 75.4 cm³/mol. The molecule has 4 nitrogen and oxygen atoms in total.